The van der Waals surface area contributed by atoms with Crippen LogP contribution < -0.4 is 27.4 Å². The SMILES string of the molecule is NC(=O)[C@H](Cc1ccccc1)NC(=O)[C@@H](Cc1c[nH]c2ccccc12)NC(=O)[C@@H](Cc1csc2ccccc12)NC(=O)CC12CC3CC(CC(N)(C3)C1)C2. The molecule has 11 heteroatoms. The average Bonchev–Trinajstić information content (AvgIpc) is 3.73. The number of carbonyl (C=O) groups is 4. The summed E-state index contributed by atoms with van der Waals surface area (Å²) in [5, 5.41) is 13.0. The Kier molecular flexibility index (Phi) is 9.78. The van der Waals surface area contributed by atoms with Crippen molar-refractivity contribution in [2.75, 3.05) is 0 Å². The van der Waals surface area contributed by atoms with Gasteiger partial charge in [-0.25, -0.2) is 0 Å². The zero-order chi connectivity index (χ0) is 37.5. The lowest BCUT2D eigenvalue weighted by Gasteiger charge is -2.61. The Morgan fingerprint density at radius 2 is 1.37 bits per heavy atom. The van der Waals surface area contributed by atoms with Crippen molar-refractivity contribution in [3.63, 3.8) is 0 Å². The molecule has 4 amide bonds. The Bertz CT molecular complexity index is 2180. The fourth-order valence-corrected chi connectivity index (χ4v) is 11.3. The lowest BCUT2D eigenvalue weighted by Crippen LogP contribution is -2.61. The number of rotatable bonds is 14. The maximum atomic E-state index is 14.6. The summed E-state index contributed by atoms with van der Waals surface area (Å²) in [7, 11) is 0. The first-order chi connectivity index (χ1) is 26.0. The molecule has 0 spiro atoms. The Morgan fingerprint density at radius 3 is 2.09 bits per heavy atom. The van der Waals surface area contributed by atoms with Gasteiger partial charge in [-0.05, 0) is 95.4 Å². The van der Waals surface area contributed by atoms with E-state index in [0.717, 1.165) is 69.8 Å². The van der Waals surface area contributed by atoms with E-state index in [2.05, 4.69) is 20.9 Å². The second-order valence-electron chi connectivity index (χ2n) is 16.4. The summed E-state index contributed by atoms with van der Waals surface area (Å²) >= 11 is 1.59. The number of primary amides is 1. The molecule has 8 N–H and O–H groups in total. The number of H-pyrrole nitrogens is 1. The van der Waals surface area contributed by atoms with Gasteiger partial charge in [0.25, 0.3) is 0 Å². The van der Waals surface area contributed by atoms with Crippen molar-refractivity contribution >= 4 is 56.0 Å². The molecule has 3 aromatic carbocycles. The van der Waals surface area contributed by atoms with Crippen LogP contribution in [0.25, 0.3) is 21.0 Å². The van der Waals surface area contributed by atoms with Crippen LogP contribution in [-0.4, -0.2) is 52.3 Å². The van der Waals surface area contributed by atoms with Crippen molar-refractivity contribution in [2.24, 2.45) is 28.7 Å². The minimum Gasteiger partial charge on any atom is -0.368 e. The molecule has 0 aliphatic heterocycles. The molecule has 2 heterocycles. The predicted molar refractivity (Wildman–Crippen MR) is 211 cm³/mol. The van der Waals surface area contributed by atoms with Gasteiger partial charge in [0, 0.05) is 53.0 Å². The van der Waals surface area contributed by atoms with E-state index in [1.54, 1.807) is 11.3 Å². The Labute approximate surface area is 318 Å². The summed E-state index contributed by atoms with van der Waals surface area (Å²) in [6, 6.07) is 22.1. The molecule has 2 unspecified atom stereocenters. The topological polar surface area (TPSA) is 172 Å². The first-order valence-electron chi connectivity index (χ1n) is 19.1. The Hall–Kier alpha value is -5.00. The van der Waals surface area contributed by atoms with Crippen LogP contribution in [0.4, 0.5) is 0 Å². The second kappa shape index (κ2) is 14.7. The molecule has 10 nitrogen and oxygen atoms in total. The molecule has 280 valence electrons. The van der Waals surface area contributed by atoms with Crippen molar-refractivity contribution in [3.05, 3.63) is 107 Å². The Morgan fingerprint density at radius 1 is 0.741 bits per heavy atom. The third-order valence-electron chi connectivity index (χ3n) is 12.1. The molecule has 4 aliphatic carbocycles. The number of nitrogens with one attached hydrogen (secondary N) is 4. The van der Waals surface area contributed by atoms with Crippen molar-refractivity contribution in [1.82, 2.24) is 20.9 Å². The van der Waals surface area contributed by atoms with Crippen LogP contribution in [0.3, 0.4) is 0 Å². The van der Waals surface area contributed by atoms with Crippen LogP contribution in [0.15, 0.2) is 90.4 Å². The molecule has 0 radical (unpaired) electrons. The molecule has 4 aliphatic rings. The molecule has 5 atom stereocenters. The highest BCUT2D eigenvalue weighted by Gasteiger charge is 2.56. The molecule has 4 bridgehead atoms. The minimum absolute atomic E-state index is 0.144. The normalized spacial score (nSPS) is 24.5. The monoisotopic (exact) mass is 744 g/mol. The van der Waals surface area contributed by atoms with Gasteiger partial charge in [-0.2, -0.15) is 0 Å². The van der Waals surface area contributed by atoms with Crippen LogP contribution in [0.2, 0.25) is 0 Å². The number of thiophene rings is 1. The van der Waals surface area contributed by atoms with Crippen LogP contribution in [0, 0.1) is 17.3 Å². The molecule has 4 saturated carbocycles. The number of fused-ring (bicyclic) bond motifs is 2. The Balaban J connectivity index is 1.06. The van der Waals surface area contributed by atoms with E-state index in [1.807, 2.05) is 90.4 Å². The third-order valence-corrected chi connectivity index (χ3v) is 13.1. The van der Waals surface area contributed by atoms with E-state index >= 15 is 0 Å². The maximum absolute atomic E-state index is 14.6. The zero-order valence-electron chi connectivity index (χ0n) is 30.3. The highest BCUT2D eigenvalue weighted by Crippen LogP contribution is 2.62. The van der Waals surface area contributed by atoms with Gasteiger partial charge in [0.05, 0.1) is 0 Å². The van der Waals surface area contributed by atoms with Crippen molar-refractivity contribution in [2.45, 2.75) is 87.9 Å². The number of aromatic amines is 1. The van der Waals surface area contributed by atoms with Gasteiger partial charge in [0.2, 0.25) is 23.6 Å². The van der Waals surface area contributed by atoms with Crippen LogP contribution in [0.1, 0.15) is 61.6 Å². The van der Waals surface area contributed by atoms with Gasteiger partial charge >= 0.3 is 0 Å². The number of amides is 4. The van der Waals surface area contributed by atoms with E-state index in [1.165, 1.54) is 6.42 Å². The fraction of sp³-hybridized carbons (Fsp3) is 0.395. The molecule has 4 fully saturated rings. The smallest absolute Gasteiger partial charge is 0.243 e. The molecular formula is C43H48N6O4S. The quantitative estimate of drug-likeness (QED) is 0.0935. The van der Waals surface area contributed by atoms with Crippen molar-refractivity contribution < 1.29 is 19.2 Å². The standard InChI is InChI=1S/C43H48N6O4S/c44-39(51)34(15-26-8-2-1-3-9-26)48-41(53)36(16-29-23-46-33-12-6-4-10-31(29)33)49-40(52)35(17-30-24-54-37-13-7-5-11-32(30)37)47-38(50)22-42-18-27-14-28(19-42)21-43(45,20-27)25-42/h1-13,23-24,27-28,34-36,46H,14-22,25,45H2,(H2,44,51)(H,47,50)(H,48,53)(H,49,52)/t27?,28?,34-,35+,36+,42?,43?/m0/s1. The maximum Gasteiger partial charge on any atom is 0.243 e. The van der Waals surface area contributed by atoms with Gasteiger partial charge in [0.1, 0.15) is 18.1 Å². The summed E-state index contributed by atoms with van der Waals surface area (Å²) in [6.45, 7) is 0. The van der Waals surface area contributed by atoms with E-state index in [4.69, 9.17) is 11.5 Å². The predicted octanol–water partition coefficient (Wildman–Crippen LogP) is 5.04. The molecule has 54 heavy (non-hydrogen) atoms. The molecule has 2 aromatic heterocycles. The van der Waals surface area contributed by atoms with E-state index in [-0.39, 0.29) is 36.1 Å². The first kappa shape index (κ1) is 36.0. The zero-order valence-corrected chi connectivity index (χ0v) is 31.1. The number of para-hydroxylation sites is 1. The largest absolute Gasteiger partial charge is 0.368 e. The number of nitrogens with two attached hydrogens (primary N) is 2. The number of aromatic nitrogens is 1. The van der Waals surface area contributed by atoms with Crippen LogP contribution in [-0.2, 0) is 38.4 Å². The average molecular weight is 745 g/mol. The summed E-state index contributed by atoms with van der Waals surface area (Å²) in [5.74, 6) is -0.762. The van der Waals surface area contributed by atoms with Gasteiger partial charge in [-0.3, -0.25) is 19.2 Å². The highest BCUT2D eigenvalue weighted by molar-refractivity contribution is 7.17. The second-order valence-corrected chi connectivity index (χ2v) is 17.3. The third kappa shape index (κ3) is 7.65. The highest BCUT2D eigenvalue weighted by atomic mass is 32.1. The summed E-state index contributed by atoms with van der Waals surface area (Å²) in [4.78, 5) is 58.7. The van der Waals surface area contributed by atoms with Crippen molar-refractivity contribution in [3.8, 4) is 0 Å². The molecule has 0 saturated heterocycles. The van der Waals surface area contributed by atoms with Gasteiger partial charge in [0.15, 0.2) is 0 Å². The molecule has 9 rings (SSSR count). The number of hydrogen-bond acceptors (Lipinski definition) is 6. The van der Waals surface area contributed by atoms with E-state index < -0.39 is 35.8 Å². The number of carbonyl (C=O) groups excluding carboxylic acids is 4. The fourth-order valence-electron chi connectivity index (χ4n) is 10.3. The minimum atomic E-state index is -1.08. The lowest BCUT2D eigenvalue weighted by atomic mass is 9.46. The van der Waals surface area contributed by atoms with E-state index in [0.29, 0.717) is 18.3 Å². The number of hydrogen-bond donors (Lipinski definition) is 6. The molecule has 5 aromatic rings. The number of benzene rings is 3. The van der Waals surface area contributed by atoms with Crippen molar-refractivity contribution in [1.29, 1.82) is 0 Å². The van der Waals surface area contributed by atoms with Gasteiger partial charge in [-0.15, -0.1) is 11.3 Å². The van der Waals surface area contributed by atoms with Crippen LogP contribution in [0.5, 0.6) is 0 Å². The van der Waals surface area contributed by atoms with Crippen LogP contribution >= 0.6 is 11.3 Å². The summed E-state index contributed by atoms with van der Waals surface area (Å²) < 4.78 is 1.09. The summed E-state index contributed by atoms with van der Waals surface area (Å²) in [5.41, 5.74) is 15.8. The lowest BCUT2D eigenvalue weighted by molar-refractivity contribution is -0.136. The van der Waals surface area contributed by atoms with E-state index in [9.17, 15) is 19.2 Å². The summed E-state index contributed by atoms with van der Waals surface area (Å²) in [6.07, 6.45) is 8.85. The first-order valence-corrected chi connectivity index (χ1v) is 19.9. The van der Waals surface area contributed by atoms with Gasteiger partial charge in [-0.1, -0.05) is 66.7 Å². The van der Waals surface area contributed by atoms with Gasteiger partial charge < -0.3 is 32.4 Å². The molecular weight excluding hydrogens is 697 g/mol.